The van der Waals surface area contributed by atoms with Crippen LogP contribution in [0.5, 0.6) is 0 Å². The van der Waals surface area contributed by atoms with Crippen LogP contribution in [-0.2, 0) is 13.0 Å². The van der Waals surface area contributed by atoms with Crippen LogP contribution >= 0.6 is 12.2 Å². The van der Waals surface area contributed by atoms with Crippen LogP contribution in [0.3, 0.4) is 0 Å². The predicted octanol–water partition coefficient (Wildman–Crippen LogP) is 6.16. The molecule has 0 amide bonds. The minimum atomic E-state index is -0.184. The fourth-order valence-corrected chi connectivity index (χ4v) is 4.57. The molecule has 0 radical (unpaired) electrons. The Labute approximate surface area is 205 Å². The average molecular weight is 467 g/mol. The smallest absolute Gasteiger partial charge is 0.258 e. The van der Waals surface area contributed by atoms with Crippen LogP contribution in [-0.4, -0.2) is 20.2 Å². The van der Waals surface area contributed by atoms with Gasteiger partial charge in [-0.2, -0.15) is 4.98 Å². The molecular formula is C28H26N4OS. The Hall–Kier alpha value is -3.77. The second-order valence-corrected chi connectivity index (χ2v) is 8.72. The first-order valence-electron chi connectivity index (χ1n) is 11.4. The summed E-state index contributed by atoms with van der Waals surface area (Å²) in [5, 5.41) is 8.50. The molecule has 1 aromatic heterocycles. The fourth-order valence-electron chi connectivity index (χ4n) is 4.25. The molecule has 0 aliphatic carbocycles. The number of hydrogen-bond acceptors (Lipinski definition) is 4. The van der Waals surface area contributed by atoms with Crippen LogP contribution in [0, 0.1) is 0 Å². The second kappa shape index (κ2) is 9.61. The van der Waals surface area contributed by atoms with Crippen molar-refractivity contribution < 1.29 is 4.52 Å². The molecule has 34 heavy (non-hydrogen) atoms. The Morgan fingerprint density at radius 1 is 0.912 bits per heavy atom. The quantitative estimate of drug-likeness (QED) is 0.343. The molecule has 1 aliphatic rings. The molecule has 1 unspecified atom stereocenters. The Morgan fingerprint density at radius 2 is 1.59 bits per heavy atom. The van der Waals surface area contributed by atoms with Crippen molar-refractivity contribution in [1.82, 2.24) is 20.4 Å². The zero-order valence-corrected chi connectivity index (χ0v) is 20.0. The van der Waals surface area contributed by atoms with Crippen molar-refractivity contribution in [3.05, 3.63) is 113 Å². The van der Waals surface area contributed by atoms with Gasteiger partial charge in [-0.05, 0) is 42.3 Å². The van der Waals surface area contributed by atoms with E-state index < -0.39 is 0 Å². The van der Waals surface area contributed by atoms with Gasteiger partial charge in [-0.1, -0.05) is 97.0 Å². The first-order chi connectivity index (χ1) is 16.6. The lowest BCUT2D eigenvalue weighted by molar-refractivity contribution is 0.396. The van der Waals surface area contributed by atoms with Gasteiger partial charge in [0.1, 0.15) is 0 Å². The molecule has 2 heterocycles. The first kappa shape index (κ1) is 22.0. The zero-order chi connectivity index (χ0) is 23.5. The molecule has 0 spiro atoms. The van der Waals surface area contributed by atoms with Crippen molar-refractivity contribution in [3.8, 4) is 11.4 Å². The highest BCUT2D eigenvalue weighted by Gasteiger charge is 2.34. The highest BCUT2D eigenvalue weighted by molar-refractivity contribution is 7.80. The monoisotopic (exact) mass is 466 g/mol. The number of nitrogens with zero attached hydrogens (tertiary/aromatic N) is 3. The molecule has 0 bridgehead atoms. The molecule has 5 rings (SSSR count). The third-order valence-corrected chi connectivity index (χ3v) is 6.53. The Balaban J connectivity index is 1.57. The minimum Gasteiger partial charge on any atom is -0.351 e. The van der Waals surface area contributed by atoms with Gasteiger partial charge in [0.05, 0.1) is 11.6 Å². The number of allylic oxidation sites excluding steroid dienone is 1. The maximum Gasteiger partial charge on any atom is 0.258 e. The summed E-state index contributed by atoms with van der Waals surface area (Å²) in [6.07, 6.45) is 0.992. The van der Waals surface area contributed by atoms with Gasteiger partial charge < -0.3 is 14.7 Å². The topological polar surface area (TPSA) is 54.2 Å². The normalized spacial score (nSPS) is 16.0. The molecule has 0 fully saturated rings. The third-order valence-electron chi connectivity index (χ3n) is 6.19. The summed E-state index contributed by atoms with van der Waals surface area (Å²) in [5.74, 6) is 1.07. The summed E-state index contributed by atoms with van der Waals surface area (Å²) < 4.78 is 5.84. The standard InChI is InChI=1S/C28H26N4OS/c1-3-20-14-16-23(17-15-20)26-30-27(33-31-26)24-19(2)32(18-21-10-6-4-7-11-21)28(34)29-25(24)22-12-8-5-9-13-22/h4-17,25H,3,18H2,1-2H3,(H,29,34). The summed E-state index contributed by atoms with van der Waals surface area (Å²) in [6, 6.07) is 28.6. The Kier molecular flexibility index (Phi) is 6.23. The fraction of sp³-hybridized carbons (Fsp3) is 0.179. The lowest BCUT2D eigenvalue weighted by atomic mass is 9.94. The van der Waals surface area contributed by atoms with E-state index in [9.17, 15) is 0 Å². The van der Waals surface area contributed by atoms with Gasteiger partial charge in [-0.3, -0.25) is 0 Å². The van der Waals surface area contributed by atoms with E-state index in [2.05, 4.69) is 65.6 Å². The SMILES string of the molecule is CCc1ccc(-c2noc(C3=C(C)N(Cc4ccccc4)C(=S)NC3c3ccccc3)n2)cc1. The van der Waals surface area contributed by atoms with Gasteiger partial charge in [-0.15, -0.1) is 0 Å². The maximum absolute atomic E-state index is 5.84. The minimum absolute atomic E-state index is 0.184. The van der Waals surface area contributed by atoms with Crippen molar-refractivity contribution in [1.29, 1.82) is 0 Å². The summed E-state index contributed by atoms with van der Waals surface area (Å²) in [5.41, 5.74) is 6.40. The second-order valence-electron chi connectivity index (χ2n) is 8.34. The van der Waals surface area contributed by atoms with E-state index in [1.54, 1.807) is 0 Å². The molecule has 1 aliphatic heterocycles. The highest BCUT2D eigenvalue weighted by Crippen LogP contribution is 2.37. The van der Waals surface area contributed by atoms with Crippen LogP contribution in [0.25, 0.3) is 17.0 Å². The van der Waals surface area contributed by atoms with E-state index in [0.29, 0.717) is 23.4 Å². The number of thiocarbonyl (C=S) groups is 1. The zero-order valence-electron chi connectivity index (χ0n) is 19.2. The lowest BCUT2D eigenvalue weighted by Gasteiger charge is -2.37. The van der Waals surface area contributed by atoms with Crippen LogP contribution in [0.4, 0.5) is 0 Å². The molecule has 170 valence electrons. The summed E-state index contributed by atoms with van der Waals surface area (Å²) in [4.78, 5) is 6.90. The van der Waals surface area contributed by atoms with Gasteiger partial charge in [0.15, 0.2) is 5.11 Å². The van der Waals surface area contributed by atoms with E-state index in [1.165, 1.54) is 11.1 Å². The van der Waals surface area contributed by atoms with Gasteiger partial charge >= 0.3 is 0 Å². The molecule has 1 N–H and O–H groups in total. The van der Waals surface area contributed by atoms with Crippen LogP contribution < -0.4 is 5.32 Å². The molecule has 0 saturated carbocycles. The molecule has 4 aromatic rings. The van der Waals surface area contributed by atoms with Crippen molar-refractivity contribution in [3.63, 3.8) is 0 Å². The van der Waals surface area contributed by atoms with Gasteiger partial charge in [-0.25, -0.2) is 0 Å². The third kappa shape index (κ3) is 4.37. The lowest BCUT2D eigenvalue weighted by Crippen LogP contribution is -2.45. The van der Waals surface area contributed by atoms with Crippen molar-refractivity contribution in [2.75, 3.05) is 0 Å². The highest BCUT2D eigenvalue weighted by atomic mass is 32.1. The maximum atomic E-state index is 5.84. The van der Waals surface area contributed by atoms with E-state index in [-0.39, 0.29) is 6.04 Å². The van der Waals surface area contributed by atoms with Crippen LogP contribution in [0.2, 0.25) is 0 Å². The molecule has 6 heteroatoms. The number of aryl methyl sites for hydroxylation is 1. The van der Waals surface area contributed by atoms with Gasteiger partial charge in [0.25, 0.3) is 5.89 Å². The van der Waals surface area contributed by atoms with E-state index in [4.69, 9.17) is 21.7 Å². The summed E-state index contributed by atoms with van der Waals surface area (Å²) in [7, 11) is 0. The number of aromatic nitrogens is 2. The molecule has 3 aromatic carbocycles. The molecule has 5 nitrogen and oxygen atoms in total. The van der Waals surface area contributed by atoms with Crippen LogP contribution in [0.15, 0.2) is 95.1 Å². The Morgan fingerprint density at radius 3 is 2.26 bits per heavy atom. The number of hydrogen-bond donors (Lipinski definition) is 1. The van der Waals surface area contributed by atoms with E-state index in [1.807, 2.05) is 48.5 Å². The van der Waals surface area contributed by atoms with E-state index in [0.717, 1.165) is 28.8 Å². The number of rotatable bonds is 6. The molecular weight excluding hydrogens is 440 g/mol. The number of benzene rings is 3. The average Bonchev–Trinajstić information content (AvgIpc) is 3.37. The van der Waals surface area contributed by atoms with E-state index >= 15 is 0 Å². The Bertz CT molecular complexity index is 1310. The summed E-state index contributed by atoms with van der Waals surface area (Å²) in [6.45, 7) is 4.87. The first-order valence-corrected chi connectivity index (χ1v) is 11.9. The predicted molar refractivity (Wildman–Crippen MR) is 139 cm³/mol. The number of nitrogens with one attached hydrogen (secondary N) is 1. The summed E-state index contributed by atoms with van der Waals surface area (Å²) >= 11 is 5.80. The van der Waals surface area contributed by atoms with Gasteiger partial charge in [0, 0.05) is 17.8 Å². The van der Waals surface area contributed by atoms with Gasteiger partial charge in [0.2, 0.25) is 5.82 Å². The molecule has 1 atom stereocenters. The molecule has 0 saturated heterocycles. The van der Waals surface area contributed by atoms with Crippen LogP contribution in [0.1, 0.15) is 42.5 Å². The largest absolute Gasteiger partial charge is 0.351 e. The van der Waals surface area contributed by atoms with Crippen molar-refractivity contribution >= 4 is 22.9 Å². The van der Waals surface area contributed by atoms with Crippen molar-refractivity contribution in [2.45, 2.75) is 32.9 Å². The van der Waals surface area contributed by atoms with Crippen molar-refractivity contribution in [2.24, 2.45) is 0 Å².